The van der Waals surface area contributed by atoms with Gasteiger partial charge in [-0.05, 0) is 36.0 Å². The quantitative estimate of drug-likeness (QED) is 0.803. The van der Waals surface area contributed by atoms with Crippen LogP contribution in [0.15, 0.2) is 36.7 Å². The summed E-state index contributed by atoms with van der Waals surface area (Å²) in [7, 11) is 0. The van der Waals surface area contributed by atoms with E-state index in [-0.39, 0.29) is 10.8 Å². The second kappa shape index (κ2) is 5.99. The van der Waals surface area contributed by atoms with Crippen molar-refractivity contribution in [3.63, 3.8) is 0 Å². The lowest BCUT2D eigenvalue weighted by Gasteiger charge is -2.27. The van der Waals surface area contributed by atoms with Crippen molar-refractivity contribution in [2.75, 3.05) is 0 Å². The van der Waals surface area contributed by atoms with Crippen LogP contribution in [0.2, 0.25) is 0 Å². The Balaban J connectivity index is 2.56. The van der Waals surface area contributed by atoms with Gasteiger partial charge in [0.1, 0.15) is 5.75 Å². The van der Waals surface area contributed by atoms with Crippen LogP contribution in [-0.4, -0.2) is 5.11 Å². The number of phenolic OH excluding ortho intramolecular Hbond substituents is 1. The van der Waals surface area contributed by atoms with Gasteiger partial charge in [-0.1, -0.05) is 41.5 Å². The van der Waals surface area contributed by atoms with Crippen LogP contribution in [0.5, 0.6) is 5.75 Å². The van der Waals surface area contributed by atoms with Gasteiger partial charge in [-0.25, -0.2) is 4.57 Å². The van der Waals surface area contributed by atoms with Gasteiger partial charge < -0.3 is 5.11 Å². The molecule has 0 saturated heterocycles. The summed E-state index contributed by atoms with van der Waals surface area (Å²) in [6.07, 6.45) is 4.24. The van der Waals surface area contributed by atoms with E-state index in [1.165, 1.54) is 11.1 Å². The second-order valence-electron chi connectivity index (χ2n) is 8.59. The zero-order chi connectivity index (χ0) is 17.4. The minimum absolute atomic E-state index is 0.0859. The van der Waals surface area contributed by atoms with Crippen LogP contribution in [0.3, 0.4) is 0 Å². The van der Waals surface area contributed by atoms with Gasteiger partial charge in [0.15, 0.2) is 18.9 Å². The number of aryl methyl sites for hydroxylation is 1. The van der Waals surface area contributed by atoms with Gasteiger partial charge in [-0.3, -0.25) is 0 Å². The summed E-state index contributed by atoms with van der Waals surface area (Å²) in [6, 6.07) is 8.49. The fourth-order valence-electron chi connectivity index (χ4n) is 2.89. The van der Waals surface area contributed by atoms with E-state index >= 15 is 0 Å². The summed E-state index contributed by atoms with van der Waals surface area (Å²) in [5.74, 6) is 0.447. The Bertz CT molecular complexity index is 668. The Morgan fingerprint density at radius 1 is 0.957 bits per heavy atom. The van der Waals surface area contributed by atoms with Gasteiger partial charge in [0.2, 0.25) is 0 Å². The predicted molar refractivity (Wildman–Crippen MR) is 96.0 cm³/mol. The lowest BCUT2D eigenvalue weighted by atomic mass is 9.78. The highest BCUT2D eigenvalue weighted by Crippen LogP contribution is 2.39. The van der Waals surface area contributed by atoms with Crippen LogP contribution in [0.25, 0.3) is 0 Å². The molecule has 0 spiro atoms. The first-order valence-electron chi connectivity index (χ1n) is 8.31. The van der Waals surface area contributed by atoms with E-state index in [0.717, 1.165) is 17.7 Å². The number of benzene rings is 1. The van der Waals surface area contributed by atoms with E-state index in [1.54, 1.807) is 0 Å². The molecule has 0 saturated carbocycles. The first kappa shape index (κ1) is 17.5. The monoisotopic (exact) mass is 312 g/mol. The molecule has 2 aromatic rings. The average Bonchev–Trinajstić information content (AvgIpc) is 2.38. The molecule has 2 heteroatoms. The SMILES string of the molecule is Cc1ccc[n+](Cc2cc(C(C)(C)C)c(O)c(C(C)(C)C)c2)c1. The van der Waals surface area contributed by atoms with Crippen LogP contribution < -0.4 is 4.57 Å². The fraction of sp³-hybridized carbons (Fsp3) is 0.476. The summed E-state index contributed by atoms with van der Waals surface area (Å²) in [4.78, 5) is 0. The lowest BCUT2D eigenvalue weighted by Crippen LogP contribution is -2.34. The zero-order valence-corrected chi connectivity index (χ0v) is 15.6. The predicted octanol–water partition coefficient (Wildman–Crippen LogP) is 4.63. The van der Waals surface area contributed by atoms with Crippen molar-refractivity contribution >= 4 is 0 Å². The molecule has 23 heavy (non-hydrogen) atoms. The minimum atomic E-state index is -0.0859. The number of hydrogen-bond donors (Lipinski definition) is 1. The number of rotatable bonds is 2. The van der Waals surface area contributed by atoms with Crippen LogP contribution in [0.4, 0.5) is 0 Å². The fourth-order valence-corrected chi connectivity index (χ4v) is 2.89. The number of aromatic hydroxyl groups is 1. The highest BCUT2D eigenvalue weighted by molar-refractivity contribution is 5.49. The van der Waals surface area contributed by atoms with Crippen molar-refractivity contribution in [2.24, 2.45) is 0 Å². The average molecular weight is 312 g/mol. The molecule has 124 valence electrons. The third kappa shape index (κ3) is 4.13. The Morgan fingerprint density at radius 3 is 1.91 bits per heavy atom. The standard InChI is InChI=1S/C21H29NO/c1-15-9-8-10-22(13-15)14-16-11-17(20(2,3)4)19(23)18(12-16)21(5,6)7/h8-13H,14H2,1-7H3/p+1. The number of nitrogens with zero attached hydrogens (tertiary/aromatic N) is 1. The van der Waals surface area contributed by atoms with Crippen LogP contribution in [0, 0.1) is 6.92 Å². The Labute approximate surface area is 140 Å². The molecule has 1 heterocycles. The highest BCUT2D eigenvalue weighted by atomic mass is 16.3. The maximum atomic E-state index is 10.8. The van der Waals surface area contributed by atoms with Gasteiger partial charge in [0.05, 0.1) is 0 Å². The molecule has 0 aliphatic heterocycles. The Kier molecular flexibility index (Phi) is 4.57. The van der Waals surface area contributed by atoms with E-state index in [4.69, 9.17) is 0 Å². The van der Waals surface area contributed by atoms with Crippen LogP contribution in [-0.2, 0) is 17.4 Å². The molecular formula is C21H30NO+. The smallest absolute Gasteiger partial charge is 0.173 e. The summed E-state index contributed by atoms with van der Waals surface area (Å²) in [5, 5.41) is 10.8. The number of hydrogen-bond acceptors (Lipinski definition) is 1. The van der Waals surface area contributed by atoms with Crippen molar-refractivity contribution in [3.05, 3.63) is 58.9 Å². The molecule has 0 bridgehead atoms. The summed E-state index contributed by atoms with van der Waals surface area (Å²) >= 11 is 0. The minimum Gasteiger partial charge on any atom is -0.507 e. The third-order valence-corrected chi connectivity index (χ3v) is 4.16. The molecule has 2 rings (SSSR count). The summed E-state index contributed by atoms with van der Waals surface area (Å²) in [5.41, 5.74) is 4.35. The molecule has 1 aromatic carbocycles. The van der Waals surface area contributed by atoms with Gasteiger partial charge in [0.25, 0.3) is 0 Å². The van der Waals surface area contributed by atoms with Crippen molar-refractivity contribution in [2.45, 2.75) is 65.8 Å². The summed E-state index contributed by atoms with van der Waals surface area (Å²) < 4.78 is 2.20. The molecule has 0 amide bonds. The maximum Gasteiger partial charge on any atom is 0.173 e. The summed E-state index contributed by atoms with van der Waals surface area (Å²) in [6.45, 7) is 15.8. The van der Waals surface area contributed by atoms with E-state index in [0.29, 0.717) is 5.75 Å². The molecule has 0 radical (unpaired) electrons. The molecule has 0 unspecified atom stereocenters. The third-order valence-electron chi connectivity index (χ3n) is 4.16. The maximum absolute atomic E-state index is 10.8. The van der Waals surface area contributed by atoms with Crippen molar-refractivity contribution in [3.8, 4) is 5.75 Å². The number of phenols is 1. The van der Waals surface area contributed by atoms with Crippen molar-refractivity contribution < 1.29 is 9.67 Å². The lowest BCUT2D eigenvalue weighted by molar-refractivity contribution is -0.688. The normalized spacial score (nSPS) is 12.5. The first-order valence-corrected chi connectivity index (χ1v) is 8.31. The molecule has 1 aromatic heterocycles. The first-order chi connectivity index (χ1) is 10.5. The van der Waals surface area contributed by atoms with Crippen LogP contribution >= 0.6 is 0 Å². The molecule has 2 nitrogen and oxygen atoms in total. The molecular weight excluding hydrogens is 282 g/mol. The Morgan fingerprint density at radius 2 is 1.48 bits per heavy atom. The number of pyridine rings is 1. The van der Waals surface area contributed by atoms with E-state index in [9.17, 15) is 5.11 Å². The topological polar surface area (TPSA) is 24.1 Å². The molecule has 1 N–H and O–H groups in total. The van der Waals surface area contributed by atoms with Gasteiger partial charge >= 0.3 is 0 Å². The largest absolute Gasteiger partial charge is 0.507 e. The van der Waals surface area contributed by atoms with E-state index < -0.39 is 0 Å². The molecule has 0 fully saturated rings. The molecule has 0 atom stereocenters. The van der Waals surface area contributed by atoms with Crippen molar-refractivity contribution in [1.82, 2.24) is 0 Å². The second-order valence-corrected chi connectivity index (χ2v) is 8.59. The van der Waals surface area contributed by atoms with Crippen molar-refractivity contribution in [1.29, 1.82) is 0 Å². The Hall–Kier alpha value is -1.83. The van der Waals surface area contributed by atoms with Gasteiger partial charge in [-0.2, -0.15) is 0 Å². The number of aromatic nitrogens is 1. The molecule has 0 aliphatic carbocycles. The highest BCUT2D eigenvalue weighted by Gasteiger charge is 2.27. The molecule has 0 aliphatic rings. The van der Waals surface area contributed by atoms with Crippen LogP contribution in [0.1, 0.15) is 63.8 Å². The zero-order valence-electron chi connectivity index (χ0n) is 15.6. The van der Waals surface area contributed by atoms with E-state index in [2.05, 4.69) is 89.7 Å². The van der Waals surface area contributed by atoms with Gasteiger partial charge in [0, 0.05) is 28.3 Å². The van der Waals surface area contributed by atoms with E-state index in [1.807, 2.05) is 0 Å². The van der Waals surface area contributed by atoms with Gasteiger partial charge in [-0.15, -0.1) is 0 Å².